The van der Waals surface area contributed by atoms with E-state index in [1.807, 2.05) is 12.1 Å². The van der Waals surface area contributed by atoms with Crippen molar-refractivity contribution in [3.63, 3.8) is 0 Å². The van der Waals surface area contributed by atoms with Gasteiger partial charge >= 0.3 is 10.2 Å². The Kier molecular flexibility index (Phi) is 10.3. The van der Waals surface area contributed by atoms with Crippen LogP contribution in [-0.2, 0) is 0 Å². The molecule has 4 aromatic rings. The Morgan fingerprint density at radius 2 is 0.667 bits per heavy atom. The smallest absolute Gasteiger partial charge is 0.107 e. The van der Waals surface area contributed by atoms with E-state index >= 15 is 0 Å². The molecule has 0 spiro atoms. The van der Waals surface area contributed by atoms with Gasteiger partial charge < -0.3 is 0 Å². The fraction of sp³-hybridized carbons (Fsp3) is 0.0400. The lowest BCUT2D eigenvalue weighted by Gasteiger charge is -2.42. The zero-order valence-corrected chi connectivity index (χ0v) is 23.0. The van der Waals surface area contributed by atoms with Gasteiger partial charge in [-0.05, 0) is 48.5 Å². The van der Waals surface area contributed by atoms with Crippen molar-refractivity contribution >= 4 is 51.5 Å². The highest BCUT2D eigenvalue weighted by Crippen LogP contribution is 3.04. The van der Waals surface area contributed by atoms with Gasteiger partial charge in [0.05, 0.1) is 4.90 Å². The molecule has 0 radical (unpaired) electrons. The van der Waals surface area contributed by atoms with Gasteiger partial charge in [-0.3, -0.25) is 0 Å². The third kappa shape index (κ3) is 13.7. The molecule has 4 rings (SSSR count). The molecular weight excluding hydrogens is 635 g/mol. The molecule has 0 bridgehead atoms. The van der Waals surface area contributed by atoms with Crippen molar-refractivity contribution in [2.24, 2.45) is 0 Å². The largest absolute Gasteiger partial charge is 0.310 e. The van der Waals surface area contributed by atoms with Crippen molar-refractivity contribution in [2.45, 2.75) is 27.0 Å². The van der Waals surface area contributed by atoms with Crippen molar-refractivity contribution < 1.29 is 35.0 Å². The maximum absolute atomic E-state index is 12.4. The molecule has 0 unspecified atom stereocenters. The van der Waals surface area contributed by atoms with Crippen LogP contribution in [0.15, 0.2) is 141 Å². The Morgan fingerprint density at radius 3 is 0.872 bits per heavy atom. The van der Waals surface area contributed by atoms with Gasteiger partial charge in [-0.2, -0.15) is 0 Å². The summed E-state index contributed by atoms with van der Waals surface area (Å²) in [7, 11) is -10.3. The molecule has 218 valence electrons. The lowest BCUT2D eigenvalue weighted by atomic mass is 10.4. The van der Waals surface area contributed by atoms with E-state index in [2.05, 4.69) is 59.2 Å². The summed E-state index contributed by atoms with van der Waals surface area (Å²) in [5.74, 6) is 0. The van der Waals surface area contributed by atoms with Crippen molar-refractivity contribution in [3.05, 3.63) is 121 Å². The van der Waals surface area contributed by atoms with Crippen LogP contribution in [0, 0.1) is 0 Å². The van der Waals surface area contributed by atoms with Crippen LogP contribution in [0.5, 0.6) is 0 Å². The lowest BCUT2D eigenvalue weighted by molar-refractivity contribution is 0.364. The van der Waals surface area contributed by atoms with Crippen LogP contribution in [0.1, 0.15) is 7.43 Å². The zero-order valence-electron chi connectivity index (χ0n) is 19.0. The Morgan fingerprint density at radius 1 is 0.410 bits per heavy atom. The number of benzene rings is 4. The van der Waals surface area contributed by atoms with Crippen molar-refractivity contribution in [1.29, 1.82) is 0 Å². The molecule has 0 atom stereocenters. The van der Waals surface area contributed by atoms with Crippen LogP contribution in [0.2, 0.25) is 0 Å². The van der Waals surface area contributed by atoms with Gasteiger partial charge in [0.2, 0.25) is 0 Å². The summed E-state index contributed by atoms with van der Waals surface area (Å²) in [4.78, 5) is -0.681. The molecule has 0 fully saturated rings. The van der Waals surface area contributed by atoms with Crippen molar-refractivity contribution in [3.8, 4) is 0 Å². The van der Waals surface area contributed by atoms with Crippen molar-refractivity contribution in [2.75, 3.05) is 0 Å². The summed E-state index contributed by atoms with van der Waals surface area (Å²) >= 11 is 0. The van der Waals surface area contributed by atoms with Crippen LogP contribution >= 0.6 is 51.5 Å². The number of halogens is 10. The van der Waals surface area contributed by atoms with Crippen molar-refractivity contribution in [1.82, 2.24) is 0 Å². The highest BCUT2D eigenvalue weighted by molar-refractivity contribution is 8.76. The molecule has 39 heavy (non-hydrogen) atoms. The highest BCUT2D eigenvalue weighted by atomic mass is 35.7. The zero-order chi connectivity index (χ0) is 28.7. The maximum atomic E-state index is 12.4. The van der Waals surface area contributed by atoms with Gasteiger partial charge in [-0.15, -0.1) is 15.5 Å². The SMILES string of the molecule is C.FS(F)(F)(F)(Cl)c1ccccc1.FS(F)(F)(F)(F)c1ccccc1.c1ccc(SSc2ccccc2)cc1. The van der Waals surface area contributed by atoms with E-state index < -0.39 is 29.1 Å². The first-order valence-corrected chi connectivity index (χ1v) is 17.1. The first kappa shape index (κ1) is 35.0. The number of rotatable bonds is 5. The molecule has 0 heterocycles. The topological polar surface area (TPSA) is 0 Å². The van der Waals surface area contributed by atoms with E-state index in [9.17, 15) is 35.0 Å². The van der Waals surface area contributed by atoms with Gasteiger partial charge in [0.25, 0.3) is 9.05 Å². The van der Waals surface area contributed by atoms with Crippen LogP contribution in [0.25, 0.3) is 0 Å². The summed E-state index contributed by atoms with van der Waals surface area (Å²) in [5, 5.41) is 0. The standard InChI is InChI=1S/C12H10S2.C6H5ClF4S.C6H5F5S.CH4/c1-3-7-11(8-4-1)13-14-12-9-5-2-6-10-12;2*7-12(8,9,10,11)6-4-2-1-3-5-6;/h1-10H;2*1-5H;1H4. The van der Waals surface area contributed by atoms with E-state index in [1.54, 1.807) is 21.6 Å². The summed E-state index contributed by atoms with van der Waals surface area (Å²) in [6.45, 7) is 0. The first-order chi connectivity index (χ1) is 17.1. The normalized spacial score (nSPS) is 14.7. The van der Waals surface area contributed by atoms with Crippen LogP contribution in [0.4, 0.5) is 35.0 Å². The molecule has 0 aliphatic carbocycles. The van der Waals surface area contributed by atoms with E-state index in [-0.39, 0.29) is 7.43 Å². The highest BCUT2D eigenvalue weighted by Gasteiger charge is 2.65. The second-order valence-corrected chi connectivity index (χ2v) is 16.3. The molecule has 0 saturated carbocycles. The maximum Gasteiger partial charge on any atom is 0.310 e. The van der Waals surface area contributed by atoms with Gasteiger partial charge in [0.15, 0.2) is 0 Å². The third-order valence-electron chi connectivity index (χ3n) is 4.10. The van der Waals surface area contributed by atoms with Crippen LogP contribution in [0.3, 0.4) is 0 Å². The molecule has 0 N–H and O–H groups in total. The average Bonchev–Trinajstić information content (AvgIpc) is 2.83. The summed E-state index contributed by atoms with van der Waals surface area (Å²) in [6, 6.07) is 29.4. The van der Waals surface area contributed by atoms with Gasteiger partial charge in [-0.1, -0.05) is 121 Å². The summed E-state index contributed by atoms with van der Waals surface area (Å²) < 4.78 is 109. The minimum atomic E-state index is -9.43. The van der Waals surface area contributed by atoms with Gasteiger partial charge in [-0.25, -0.2) is 0 Å². The minimum absolute atomic E-state index is 0. The van der Waals surface area contributed by atoms with E-state index in [0.29, 0.717) is 24.3 Å². The quantitative estimate of drug-likeness (QED) is 0.155. The molecule has 14 heteroatoms. The Balaban J connectivity index is 0.000000290. The second kappa shape index (κ2) is 11.4. The second-order valence-electron chi connectivity index (χ2n) is 7.36. The lowest BCUT2D eigenvalue weighted by Crippen LogP contribution is -2.05. The summed E-state index contributed by atoms with van der Waals surface area (Å²) in [6.07, 6.45) is 0. The molecule has 0 aliphatic rings. The Labute approximate surface area is 234 Å². The Hall–Kier alpha value is -2.06. The predicted octanol–water partition coefficient (Wildman–Crippen LogP) is 14.1. The van der Waals surface area contributed by atoms with Gasteiger partial charge in [0, 0.05) is 20.5 Å². The van der Waals surface area contributed by atoms with E-state index in [4.69, 9.17) is 0 Å². The first-order valence-electron chi connectivity index (χ1n) is 10.2. The number of hydrogen-bond acceptors (Lipinski definition) is 2. The van der Waals surface area contributed by atoms with E-state index in [0.717, 1.165) is 24.3 Å². The van der Waals surface area contributed by atoms with E-state index in [1.165, 1.54) is 21.9 Å². The fourth-order valence-electron chi connectivity index (χ4n) is 2.40. The monoisotopic (exact) mass is 658 g/mol. The van der Waals surface area contributed by atoms with Gasteiger partial charge in [0.1, 0.15) is 4.90 Å². The molecule has 4 aromatic carbocycles. The molecular formula is C25H24ClF9S4. The predicted molar refractivity (Wildman–Crippen MR) is 152 cm³/mol. The number of hydrogen-bond donors (Lipinski definition) is 0. The molecule has 0 aromatic heterocycles. The minimum Gasteiger partial charge on any atom is -0.107 e. The molecule has 0 aliphatic heterocycles. The average molecular weight is 659 g/mol. The third-order valence-corrected chi connectivity index (χ3v) is 9.38. The van der Waals surface area contributed by atoms with Crippen LogP contribution in [-0.4, -0.2) is 0 Å². The van der Waals surface area contributed by atoms with Crippen LogP contribution < -0.4 is 0 Å². The molecule has 0 amide bonds. The molecule has 0 nitrogen and oxygen atoms in total. The molecule has 0 saturated heterocycles. The fourth-order valence-corrected chi connectivity index (χ4v) is 6.03. The summed E-state index contributed by atoms with van der Waals surface area (Å²) in [5.41, 5.74) is 0. The Bertz CT molecular complexity index is 1190.